The molecule has 0 saturated heterocycles. The third-order valence-corrected chi connectivity index (χ3v) is 4.33. The molecule has 0 aliphatic heterocycles. The van der Waals surface area contributed by atoms with Crippen molar-refractivity contribution in [2.24, 2.45) is 5.10 Å². The van der Waals surface area contributed by atoms with Crippen molar-refractivity contribution in [2.75, 3.05) is 12.3 Å². The molecule has 0 fully saturated rings. The number of nitrogens with one attached hydrogen (secondary N) is 1. The minimum atomic E-state index is -0.637. The minimum Gasteiger partial charge on any atom is -0.507 e. The predicted octanol–water partition coefficient (Wildman–Crippen LogP) is 1.77. The van der Waals surface area contributed by atoms with Crippen molar-refractivity contribution in [1.82, 2.24) is 30.7 Å². The maximum absolute atomic E-state index is 12.8. The fourth-order valence-corrected chi connectivity index (χ4v) is 2.87. The highest BCUT2D eigenvalue weighted by Gasteiger charge is 2.25. The first-order chi connectivity index (χ1) is 15.6. The van der Waals surface area contributed by atoms with Gasteiger partial charge in [-0.05, 0) is 53.6 Å². The van der Waals surface area contributed by atoms with E-state index in [0.717, 1.165) is 0 Å². The van der Waals surface area contributed by atoms with E-state index in [0.29, 0.717) is 29.2 Å². The van der Waals surface area contributed by atoms with Gasteiger partial charge in [0.15, 0.2) is 5.69 Å². The van der Waals surface area contributed by atoms with Crippen molar-refractivity contribution in [3.63, 3.8) is 0 Å². The lowest BCUT2D eigenvalue weighted by atomic mass is 10.1. The van der Waals surface area contributed by atoms with Crippen LogP contribution in [0.5, 0.6) is 11.5 Å². The van der Waals surface area contributed by atoms with Crippen molar-refractivity contribution in [1.29, 1.82) is 0 Å². The average Bonchev–Trinajstić information content (AvgIpc) is 3.42. The van der Waals surface area contributed by atoms with Gasteiger partial charge in [-0.25, -0.2) is 10.1 Å². The van der Waals surface area contributed by atoms with Crippen LogP contribution in [-0.2, 0) is 0 Å². The van der Waals surface area contributed by atoms with Gasteiger partial charge >= 0.3 is 0 Å². The van der Waals surface area contributed by atoms with Crippen LogP contribution in [0.25, 0.3) is 17.1 Å². The Bertz CT molecular complexity index is 1260. The summed E-state index contributed by atoms with van der Waals surface area (Å²) in [5.41, 5.74) is 9.47. The summed E-state index contributed by atoms with van der Waals surface area (Å²) in [5.74, 6) is 0.114. The number of carbonyl (C=O) groups is 1. The number of amides is 1. The Morgan fingerprint density at radius 3 is 2.72 bits per heavy atom. The van der Waals surface area contributed by atoms with E-state index in [9.17, 15) is 9.90 Å². The van der Waals surface area contributed by atoms with E-state index in [1.165, 1.54) is 17.0 Å². The summed E-state index contributed by atoms with van der Waals surface area (Å²) in [6.07, 6.45) is 1.31. The normalized spacial score (nSPS) is 11.0. The number of nitrogen functional groups attached to an aromatic ring is 1. The van der Waals surface area contributed by atoms with Crippen molar-refractivity contribution >= 4 is 17.9 Å². The third-order valence-electron chi connectivity index (χ3n) is 4.33. The third kappa shape index (κ3) is 4.09. The molecule has 0 aliphatic carbocycles. The molecule has 0 aliphatic rings. The van der Waals surface area contributed by atoms with Gasteiger partial charge in [-0.1, -0.05) is 17.3 Å². The number of hydrogen-bond acceptors (Lipinski definition) is 10. The largest absolute Gasteiger partial charge is 0.507 e. The topological polar surface area (TPSA) is 167 Å². The van der Waals surface area contributed by atoms with Crippen LogP contribution in [0.1, 0.15) is 23.0 Å². The number of anilines is 1. The molecule has 162 valence electrons. The van der Waals surface area contributed by atoms with E-state index in [2.05, 4.69) is 35.8 Å². The number of ether oxygens (including phenoxy) is 1. The molecule has 0 unspecified atom stereocenters. The number of benzene rings is 2. The molecular weight excluding hydrogens is 416 g/mol. The van der Waals surface area contributed by atoms with Crippen LogP contribution in [-0.4, -0.2) is 49.1 Å². The highest BCUT2D eigenvalue weighted by atomic mass is 16.6. The summed E-state index contributed by atoms with van der Waals surface area (Å²) in [5, 5.41) is 29.0. The van der Waals surface area contributed by atoms with Crippen LogP contribution < -0.4 is 15.9 Å². The molecule has 4 aromatic rings. The lowest BCUT2D eigenvalue weighted by Crippen LogP contribution is -2.19. The fraction of sp³-hybridized carbons (Fsp3) is 0.100. The standard InChI is InChI=1S/C20H18N8O4/c1-2-31-14-9-7-12(8-10-14)17-16(23-27-28(17)19-18(21)25-32-26-19)20(30)24-22-11-13-5-3-4-6-15(13)29/h3-11,29H,2H2,1H3,(H2,21,25)(H,24,30)/b22-11-. The Morgan fingerprint density at radius 1 is 1.25 bits per heavy atom. The predicted molar refractivity (Wildman–Crippen MR) is 113 cm³/mol. The Hall–Kier alpha value is -4.74. The molecule has 1 amide bonds. The number of phenols is 1. The van der Waals surface area contributed by atoms with E-state index in [1.54, 1.807) is 42.5 Å². The molecule has 2 heterocycles. The Kier molecular flexibility index (Phi) is 5.74. The van der Waals surface area contributed by atoms with E-state index < -0.39 is 5.91 Å². The van der Waals surface area contributed by atoms with Crippen molar-refractivity contribution in [3.8, 4) is 28.6 Å². The Balaban J connectivity index is 1.69. The first-order valence-electron chi connectivity index (χ1n) is 9.47. The van der Waals surface area contributed by atoms with E-state index in [4.69, 9.17) is 10.5 Å². The molecule has 2 aromatic heterocycles. The molecule has 0 saturated carbocycles. The number of aromatic nitrogens is 5. The first-order valence-corrected chi connectivity index (χ1v) is 9.47. The van der Waals surface area contributed by atoms with Crippen molar-refractivity contribution in [3.05, 3.63) is 59.8 Å². The zero-order chi connectivity index (χ0) is 22.5. The molecular formula is C20H18N8O4. The molecule has 0 spiro atoms. The molecule has 32 heavy (non-hydrogen) atoms. The second-order valence-corrected chi connectivity index (χ2v) is 6.39. The number of nitrogens with two attached hydrogens (primary N) is 1. The molecule has 2 aromatic carbocycles. The Morgan fingerprint density at radius 2 is 2.03 bits per heavy atom. The number of hydrazone groups is 1. The molecule has 0 atom stereocenters. The highest BCUT2D eigenvalue weighted by molar-refractivity contribution is 5.99. The van der Waals surface area contributed by atoms with Gasteiger partial charge < -0.3 is 15.6 Å². The number of rotatable bonds is 7. The smallest absolute Gasteiger partial charge is 0.294 e. The summed E-state index contributed by atoms with van der Waals surface area (Å²) in [6.45, 7) is 2.40. The maximum Gasteiger partial charge on any atom is 0.294 e. The van der Waals surface area contributed by atoms with Crippen LogP contribution in [0.2, 0.25) is 0 Å². The molecule has 12 nitrogen and oxygen atoms in total. The molecule has 4 N–H and O–H groups in total. The number of nitrogens with zero attached hydrogens (tertiary/aromatic N) is 6. The molecule has 0 bridgehead atoms. The maximum atomic E-state index is 12.8. The SMILES string of the molecule is CCOc1ccc(-c2c(C(=O)N/N=C\c3ccccc3O)nnn2-c2nonc2N)cc1. The van der Waals surface area contributed by atoms with Gasteiger partial charge in [-0.2, -0.15) is 9.78 Å². The van der Waals surface area contributed by atoms with E-state index in [-0.39, 0.29) is 23.1 Å². The van der Waals surface area contributed by atoms with Crippen molar-refractivity contribution < 1.29 is 19.3 Å². The van der Waals surface area contributed by atoms with Gasteiger partial charge in [0.1, 0.15) is 17.2 Å². The van der Waals surface area contributed by atoms with Gasteiger partial charge in [0, 0.05) is 11.1 Å². The summed E-state index contributed by atoms with van der Waals surface area (Å²) >= 11 is 0. The van der Waals surface area contributed by atoms with E-state index >= 15 is 0 Å². The summed E-state index contributed by atoms with van der Waals surface area (Å²) in [4.78, 5) is 12.8. The molecule has 4 rings (SSSR count). The number of carbonyl (C=O) groups excluding carboxylic acids is 1. The fourth-order valence-electron chi connectivity index (χ4n) is 2.87. The number of para-hydroxylation sites is 1. The van der Waals surface area contributed by atoms with Gasteiger partial charge in [-0.15, -0.1) is 5.10 Å². The van der Waals surface area contributed by atoms with Crippen molar-refractivity contribution in [2.45, 2.75) is 6.92 Å². The zero-order valence-corrected chi connectivity index (χ0v) is 16.8. The second-order valence-electron chi connectivity index (χ2n) is 6.39. The lowest BCUT2D eigenvalue weighted by molar-refractivity contribution is 0.0950. The quantitative estimate of drug-likeness (QED) is 0.290. The van der Waals surface area contributed by atoms with Crippen LogP contribution in [0.3, 0.4) is 0 Å². The van der Waals surface area contributed by atoms with Gasteiger partial charge in [0.25, 0.3) is 5.91 Å². The summed E-state index contributed by atoms with van der Waals surface area (Å²) in [7, 11) is 0. The van der Waals surface area contributed by atoms with E-state index in [1.807, 2.05) is 6.92 Å². The number of aromatic hydroxyl groups is 1. The second kappa shape index (κ2) is 8.95. The lowest BCUT2D eigenvalue weighted by Gasteiger charge is -2.07. The zero-order valence-electron chi connectivity index (χ0n) is 16.8. The van der Waals surface area contributed by atoms with Gasteiger partial charge in [-0.3, -0.25) is 4.79 Å². The van der Waals surface area contributed by atoms with Gasteiger partial charge in [0.05, 0.1) is 12.8 Å². The van der Waals surface area contributed by atoms with Crippen LogP contribution in [0, 0.1) is 0 Å². The van der Waals surface area contributed by atoms with Gasteiger partial charge in [0.2, 0.25) is 11.6 Å². The summed E-state index contributed by atoms with van der Waals surface area (Å²) in [6, 6.07) is 13.5. The molecule has 0 radical (unpaired) electrons. The highest BCUT2D eigenvalue weighted by Crippen LogP contribution is 2.28. The molecule has 12 heteroatoms. The van der Waals surface area contributed by atoms with Crippen LogP contribution in [0.4, 0.5) is 5.82 Å². The minimum absolute atomic E-state index is 0.0216. The number of hydrogen-bond donors (Lipinski definition) is 3. The van der Waals surface area contributed by atoms with Crippen LogP contribution >= 0.6 is 0 Å². The average molecular weight is 434 g/mol. The summed E-state index contributed by atoms with van der Waals surface area (Å²) < 4.78 is 11.4. The monoisotopic (exact) mass is 434 g/mol. The first kappa shape index (κ1) is 20.5. The van der Waals surface area contributed by atoms with Crippen LogP contribution in [0.15, 0.2) is 58.3 Å². The number of phenolic OH excluding ortho intramolecular Hbond substituents is 1. The Labute approximate surface area is 181 Å².